The summed E-state index contributed by atoms with van der Waals surface area (Å²) < 4.78 is 27.3. The van der Waals surface area contributed by atoms with Gasteiger partial charge < -0.3 is 5.32 Å². The summed E-state index contributed by atoms with van der Waals surface area (Å²) in [5.74, 6) is 2.01. The Morgan fingerprint density at radius 2 is 2.04 bits per heavy atom. The lowest BCUT2D eigenvalue weighted by Gasteiger charge is -2.20. The lowest BCUT2D eigenvalue weighted by atomic mass is 10.1. The van der Waals surface area contributed by atoms with E-state index in [1.165, 1.54) is 8.61 Å². The first-order chi connectivity index (χ1) is 11.9. The van der Waals surface area contributed by atoms with Gasteiger partial charge in [-0.3, -0.25) is 0 Å². The van der Waals surface area contributed by atoms with Gasteiger partial charge in [0.05, 0.1) is 0 Å². The van der Waals surface area contributed by atoms with Gasteiger partial charge in [-0.05, 0) is 25.5 Å². The number of hydrogen-bond donors (Lipinski definition) is 1. The molecule has 134 valence electrons. The largest absolute Gasteiger partial charge is 0.325 e. The summed E-state index contributed by atoms with van der Waals surface area (Å²) >= 11 is 0. The van der Waals surface area contributed by atoms with E-state index >= 15 is 0 Å². The van der Waals surface area contributed by atoms with Crippen molar-refractivity contribution in [2.75, 3.05) is 32.5 Å². The molecule has 2 aromatic rings. The van der Waals surface area contributed by atoms with Crippen molar-refractivity contribution in [2.45, 2.75) is 19.3 Å². The molecule has 1 saturated heterocycles. The molecule has 0 amide bonds. The molecule has 8 nitrogen and oxygen atoms in total. The van der Waals surface area contributed by atoms with Crippen molar-refractivity contribution in [1.29, 1.82) is 0 Å². The molecule has 0 unspecified atom stereocenters. The van der Waals surface area contributed by atoms with Gasteiger partial charge >= 0.3 is 0 Å². The van der Waals surface area contributed by atoms with Crippen LogP contribution in [0.2, 0.25) is 0 Å². The Kier molecular flexibility index (Phi) is 4.98. The molecule has 25 heavy (non-hydrogen) atoms. The van der Waals surface area contributed by atoms with Gasteiger partial charge in [0, 0.05) is 51.1 Å². The first-order valence-corrected chi connectivity index (χ1v) is 9.47. The molecule has 0 saturated carbocycles. The zero-order valence-electron chi connectivity index (χ0n) is 14.5. The molecule has 0 radical (unpaired) electrons. The van der Waals surface area contributed by atoms with Crippen LogP contribution in [0.15, 0.2) is 30.5 Å². The minimum Gasteiger partial charge on any atom is -0.325 e. The third-order valence-electron chi connectivity index (χ3n) is 4.10. The second-order valence-electron chi connectivity index (χ2n) is 6.23. The topological polar surface area (TPSA) is 91.3 Å². The summed E-state index contributed by atoms with van der Waals surface area (Å²) in [7, 11) is -0.316. The van der Waals surface area contributed by atoms with E-state index in [1.807, 2.05) is 31.2 Å². The van der Waals surface area contributed by atoms with Crippen LogP contribution < -0.4 is 5.32 Å². The zero-order chi connectivity index (χ0) is 18.0. The summed E-state index contributed by atoms with van der Waals surface area (Å²) in [5.41, 5.74) is 0.831. The van der Waals surface area contributed by atoms with Gasteiger partial charge in [-0.2, -0.15) is 17.0 Å². The molecular weight excluding hydrogens is 340 g/mol. The number of pyridine rings is 1. The summed E-state index contributed by atoms with van der Waals surface area (Å²) in [6.45, 7) is 2.77. The fourth-order valence-corrected chi connectivity index (χ4v) is 3.95. The third kappa shape index (κ3) is 3.94. The molecule has 2 aromatic heterocycles. The van der Waals surface area contributed by atoms with E-state index in [0.29, 0.717) is 37.0 Å². The highest BCUT2D eigenvalue weighted by Crippen LogP contribution is 2.28. The van der Waals surface area contributed by atoms with Gasteiger partial charge in [-0.25, -0.2) is 15.0 Å². The molecule has 3 rings (SSSR count). The van der Waals surface area contributed by atoms with Crippen molar-refractivity contribution in [3.8, 4) is 0 Å². The number of nitrogens with zero attached hydrogens (tertiary/aromatic N) is 5. The predicted octanol–water partition coefficient (Wildman–Crippen LogP) is 1.52. The van der Waals surface area contributed by atoms with E-state index < -0.39 is 10.2 Å². The van der Waals surface area contributed by atoms with Crippen molar-refractivity contribution in [3.05, 3.63) is 42.0 Å². The molecule has 1 N–H and O–H groups in total. The van der Waals surface area contributed by atoms with Gasteiger partial charge in [-0.15, -0.1) is 0 Å². The van der Waals surface area contributed by atoms with Gasteiger partial charge in [0.25, 0.3) is 10.2 Å². The van der Waals surface area contributed by atoms with E-state index in [-0.39, 0.29) is 5.92 Å². The molecule has 0 spiro atoms. The highest BCUT2D eigenvalue weighted by atomic mass is 32.2. The van der Waals surface area contributed by atoms with E-state index in [1.54, 1.807) is 20.3 Å². The number of nitrogens with one attached hydrogen (secondary N) is 1. The number of hydrogen-bond acceptors (Lipinski definition) is 6. The lowest BCUT2D eigenvalue weighted by molar-refractivity contribution is 0.418. The molecule has 0 bridgehead atoms. The molecule has 1 aliphatic heterocycles. The summed E-state index contributed by atoms with van der Waals surface area (Å²) in [6, 6.07) is 7.45. The molecule has 1 atom stereocenters. The summed E-state index contributed by atoms with van der Waals surface area (Å²) in [4.78, 5) is 13.3. The second kappa shape index (κ2) is 7.03. The SMILES string of the molecule is Cc1cc(Nc2ccccn2)nc([C@H]2CCN(S(=O)(=O)N(C)C)C2)n1. The van der Waals surface area contributed by atoms with Crippen LogP contribution in [-0.4, -0.2) is 59.2 Å². The van der Waals surface area contributed by atoms with Crippen LogP contribution in [0.25, 0.3) is 0 Å². The molecule has 0 aliphatic carbocycles. The van der Waals surface area contributed by atoms with Gasteiger partial charge in [0.1, 0.15) is 17.5 Å². The highest BCUT2D eigenvalue weighted by molar-refractivity contribution is 7.86. The maximum Gasteiger partial charge on any atom is 0.281 e. The normalized spacial score (nSPS) is 18.6. The van der Waals surface area contributed by atoms with E-state index in [4.69, 9.17) is 0 Å². The van der Waals surface area contributed by atoms with Crippen molar-refractivity contribution in [1.82, 2.24) is 23.6 Å². The highest BCUT2D eigenvalue weighted by Gasteiger charge is 2.34. The molecule has 9 heteroatoms. The van der Waals surface area contributed by atoms with Gasteiger partial charge in [0.2, 0.25) is 0 Å². The molecule has 1 fully saturated rings. The van der Waals surface area contributed by atoms with Crippen LogP contribution >= 0.6 is 0 Å². The van der Waals surface area contributed by atoms with Crippen molar-refractivity contribution in [3.63, 3.8) is 0 Å². The quantitative estimate of drug-likeness (QED) is 0.867. The van der Waals surface area contributed by atoms with Crippen LogP contribution in [0.3, 0.4) is 0 Å². The maximum atomic E-state index is 12.3. The van der Waals surface area contributed by atoms with Crippen molar-refractivity contribution < 1.29 is 8.42 Å². The molecule has 3 heterocycles. The van der Waals surface area contributed by atoms with Crippen LogP contribution in [0, 0.1) is 6.92 Å². The lowest BCUT2D eigenvalue weighted by Crippen LogP contribution is -2.38. The van der Waals surface area contributed by atoms with Gasteiger partial charge in [-0.1, -0.05) is 6.07 Å². The van der Waals surface area contributed by atoms with Crippen LogP contribution in [0.5, 0.6) is 0 Å². The smallest absolute Gasteiger partial charge is 0.281 e. The number of aromatic nitrogens is 3. The maximum absolute atomic E-state index is 12.3. The predicted molar refractivity (Wildman–Crippen MR) is 95.8 cm³/mol. The van der Waals surface area contributed by atoms with Crippen LogP contribution in [0.4, 0.5) is 11.6 Å². The Balaban J connectivity index is 1.79. The molecule has 0 aromatic carbocycles. The summed E-state index contributed by atoms with van der Waals surface area (Å²) in [5, 5.41) is 3.17. The second-order valence-corrected chi connectivity index (χ2v) is 8.37. The average Bonchev–Trinajstić information content (AvgIpc) is 3.06. The van der Waals surface area contributed by atoms with Crippen LogP contribution in [0.1, 0.15) is 23.9 Å². The third-order valence-corrected chi connectivity index (χ3v) is 6.00. The first-order valence-electron chi connectivity index (χ1n) is 8.07. The standard InChI is InChI=1S/C16H22N6O2S/c1-12-10-15(19-14-6-4-5-8-17-14)20-16(18-12)13-7-9-22(11-13)25(23,24)21(2)3/h4-6,8,10,13H,7,9,11H2,1-3H3,(H,17,18,19,20)/t13-/m0/s1. The minimum absolute atomic E-state index is 0.0149. The van der Waals surface area contributed by atoms with Crippen LogP contribution in [-0.2, 0) is 10.2 Å². The van der Waals surface area contributed by atoms with Crippen molar-refractivity contribution in [2.24, 2.45) is 0 Å². The first kappa shape index (κ1) is 17.7. The Labute approximate surface area is 148 Å². The Morgan fingerprint density at radius 3 is 2.72 bits per heavy atom. The molecule has 1 aliphatic rings. The number of rotatable bonds is 5. The Bertz CT molecular complexity index is 841. The van der Waals surface area contributed by atoms with E-state index in [2.05, 4.69) is 20.3 Å². The van der Waals surface area contributed by atoms with E-state index in [0.717, 1.165) is 5.69 Å². The zero-order valence-corrected chi connectivity index (χ0v) is 15.4. The van der Waals surface area contributed by atoms with Crippen molar-refractivity contribution >= 4 is 21.8 Å². The van der Waals surface area contributed by atoms with E-state index in [9.17, 15) is 8.42 Å². The fourth-order valence-electron chi connectivity index (χ4n) is 2.79. The average molecular weight is 362 g/mol. The summed E-state index contributed by atoms with van der Waals surface area (Å²) in [6.07, 6.45) is 2.41. The fraction of sp³-hybridized carbons (Fsp3) is 0.438. The molecular formula is C16H22N6O2S. The number of aryl methyl sites for hydroxylation is 1. The van der Waals surface area contributed by atoms with Gasteiger partial charge in [0.15, 0.2) is 0 Å². The Hall–Kier alpha value is -2.10. The Morgan fingerprint density at radius 1 is 1.24 bits per heavy atom. The monoisotopic (exact) mass is 362 g/mol. The number of anilines is 2. The minimum atomic E-state index is -3.40.